The van der Waals surface area contributed by atoms with Gasteiger partial charge in [0.25, 0.3) is 5.91 Å². The van der Waals surface area contributed by atoms with Crippen LogP contribution < -0.4 is 0 Å². The monoisotopic (exact) mass is 391 g/mol. The van der Waals surface area contributed by atoms with Crippen LogP contribution in [0.4, 0.5) is 8.78 Å². The molecule has 1 aliphatic rings. The Hall–Kier alpha value is -2.41. The molecule has 7 heteroatoms. The summed E-state index contributed by atoms with van der Waals surface area (Å²) in [5.74, 6) is -1.03. The van der Waals surface area contributed by atoms with Crippen LogP contribution >= 0.6 is 11.8 Å². The molecule has 1 aliphatic heterocycles. The normalized spacial score (nSPS) is 17.0. The first-order chi connectivity index (χ1) is 12.9. The Morgan fingerprint density at radius 3 is 2.59 bits per heavy atom. The predicted octanol–water partition coefficient (Wildman–Crippen LogP) is 3.97. The lowest BCUT2D eigenvalue weighted by Gasteiger charge is -2.34. The molecule has 0 aromatic heterocycles. The van der Waals surface area contributed by atoms with Gasteiger partial charge in [-0.1, -0.05) is 12.1 Å². The van der Waals surface area contributed by atoms with Crippen LogP contribution in [-0.4, -0.2) is 46.0 Å². The van der Waals surface area contributed by atoms with Gasteiger partial charge in [-0.3, -0.25) is 9.59 Å². The van der Waals surface area contributed by atoms with Gasteiger partial charge in [0.15, 0.2) is 0 Å². The lowest BCUT2D eigenvalue weighted by Crippen LogP contribution is -2.47. The molecule has 0 radical (unpaired) electrons. The van der Waals surface area contributed by atoms with Crippen molar-refractivity contribution in [3.05, 3.63) is 59.2 Å². The van der Waals surface area contributed by atoms with Crippen LogP contribution in [0.25, 0.3) is 11.1 Å². The zero-order valence-corrected chi connectivity index (χ0v) is 15.6. The molecule has 1 heterocycles. The van der Waals surface area contributed by atoms with Crippen molar-refractivity contribution in [3.63, 3.8) is 0 Å². The molecular formula is C20H19F2NO3S. The standard InChI is InChI=1S/C20H19F2NO3S/c1-12-8-14(21)3-5-16(12)17-4-2-13(9-18(17)22)20(26)23-6-7-27-11-15(23)10-19(24)25/h2-5,8-9,15H,6-7,10-11H2,1H3,(H,24,25). The van der Waals surface area contributed by atoms with Gasteiger partial charge in [0, 0.05) is 29.2 Å². The van der Waals surface area contributed by atoms with Crippen molar-refractivity contribution in [2.24, 2.45) is 0 Å². The van der Waals surface area contributed by atoms with Crippen molar-refractivity contribution < 1.29 is 23.5 Å². The van der Waals surface area contributed by atoms with E-state index in [1.807, 2.05) is 0 Å². The van der Waals surface area contributed by atoms with Crippen molar-refractivity contribution in [2.45, 2.75) is 19.4 Å². The largest absolute Gasteiger partial charge is 0.481 e. The highest BCUT2D eigenvalue weighted by molar-refractivity contribution is 7.99. The lowest BCUT2D eigenvalue weighted by atomic mass is 9.98. The quantitative estimate of drug-likeness (QED) is 0.857. The summed E-state index contributed by atoms with van der Waals surface area (Å²) in [5, 5.41) is 9.05. The SMILES string of the molecule is Cc1cc(F)ccc1-c1ccc(C(=O)N2CCSCC2CC(=O)O)cc1F. The van der Waals surface area contributed by atoms with E-state index in [0.717, 1.165) is 5.75 Å². The van der Waals surface area contributed by atoms with Crippen molar-refractivity contribution in [2.75, 3.05) is 18.1 Å². The number of hydrogen-bond acceptors (Lipinski definition) is 3. The van der Waals surface area contributed by atoms with Gasteiger partial charge in [-0.2, -0.15) is 11.8 Å². The van der Waals surface area contributed by atoms with Crippen molar-refractivity contribution >= 4 is 23.6 Å². The maximum atomic E-state index is 14.7. The minimum absolute atomic E-state index is 0.131. The van der Waals surface area contributed by atoms with Gasteiger partial charge in [-0.05, 0) is 42.3 Å². The number of carboxylic acids is 1. The third kappa shape index (κ3) is 4.30. The molecule has 0 bridgehead atoms. The number of amides is 1. The highest BCUT2D eigenvalue weighted by atomic mass is 32.2. The number of halogens is 2. The molecule has 1 saturated heterocycles. The van der Waals surface area contributed by atoms with Gasteiger partial charge in [0.2, 0.25) is 0 Å². The maximum Gasteiger partial charge on any atom is 0.305 e. The molecule has 0 saturated carbocycles. The summed E-state index contributed by atoms with van der Waals surface area (Å²) in [5.41, 5.74) is 1.63. The number of thioether (sulfide) groups is 1. The average molecular weight is 391 g/mol. The van der Waals surface area contributed by atoms with E-state index < -0.39 is 23.6 Å². The van der Waals surface area contributed by atoms with Crippen molar-refractivity contribution in [1.29, 1.82) is 0 Å². The summed E-state index contributed by atoms with van der Waals surface area (Å²) >= 11 is 1.61. The molecule has 0 aliphatic carbocycles. The number of aryl methyl sites for hydroxylation is 1. The second-order valence-electron chi connectivity index (χ2n) is 6.48. The molecule has 27 heavy (non-hydrogen) atoms. The fourth-order valence-corrected chi connectivity index (χ4v) is 4.32. The van der Waals surface area contributed by atoms with Crippen molar-refractivity contribution in [1.82, 2.24) is 4.90 Å². The van der Waals surface area contributed by atoms with Crippen molar-refractivity contribution in [3.8, 4) is 11.1 Å². The van der Waals surface area contributed by atoms with Gasteiger partial charge in [-0.25, -0.2) is 8.78 Å². The minimum atomic E-state index is -0.964. The van der Waals surface area contributed by atoms with Crippen LogP contribution in [0, 0.1) is 18.6 Å². The van der Waals surface area contributed by atoms with Crippen LogP contribution in [0.2, 0.25) is 0 Å². The number of rotatable bonds is 4. The minimum Gasteiger partial charge on any atom is -0.481 e. The number of carbonyl (C=O) groups is 2. The first-order valence-electron chi connectivity index (χ1n) is 8.53. The topological polar surface area (TPSA) is 57.6 Å². The first kappa shape index (κ1) is 19.4. The Bertz CT molecular complexity index is 888. The fourth-order valence-electron chi connectivity index (χ4n) is 3.25. The molecule has 1 fully saturated rings. The van der Waals surface area contributed by atoms with E-state index >= 15 is 0 Å². The number of carboxylic acid groups (broad SMARTS) is 1. The lowest BCUT2D eigenvalue weighted by molar-refractivity contribution is -0.138. The second kappa shape index (κ2) is 8.08. The van der Waals surface area contributed by atoms with Crippen LogP contribution in [0.5, 0.6) is 0 Å². The van der Waals surface area contributed by atoms with Crippen LogP contribution in [-0.2, 0) is 4.79 Å². The average Bonchev–Trinajstić information content (AvgIpc) is 2.62. The highest BCUT2D eigenvalue weighted by Crippen LogP contribution is 2.28. The number of carbonyl (C=O) groups excluding carboxylic acids is 1. The first-order valence-corrected chi connectivity index (χ1v) is 9.69. The Labute approximate surface area is 160 Å². The molecule has 1 atom stereocenters. The second-order valence-corrected chi connectivity index (χ2v) is 7.63. The maximum absolute atomic E-state index is 14.7. The summed E-state index contributed by atoms with van der Waals surface area (Å²) in [6, 6.07) is 7.90. The summed E-state index contributed by atoms with van der Waals surface area (Å²) in [6.45, 7) is 2.13. The van der Waals surface area contributed by atoms with E-state index in [9.17, 15) is 18.4 Å². The highest BCUT2D eigenvalue weighted by Gasteiger charge is 2.30. The molecule has 2 aromatic rings. The van der Waals surface area contributed by atoms with E-state index in [-0.39, 0.29) is 17.9 Å². The van der Waals surface area contributed by atoms with Gasteiger partial charge in [0.1, 0.15) is 11.6 Å². The molecule has 4 nitrogen and oxygen atoms in total. The molecule has 3 rings (SSSR count). The number of aliphatic carboxylic acids is 1. The Balaban J connectivity index is 1.88. The summed E-state index contributed by atoms with van der Waals surface area (Å²) in [7, 11) is 0. The summed E-state index contributed by atoms with van der Waals surface area (Å²) in [4.78, 5) is 25.4. The van der Waals surface area contributed by atoms with Crippen LogP contribution in [0.15, 0.2) is 36.4 Å². The fraction of sp³-hybridized carbons (Fsp3) is 0.300. The van der Waals surface area contributed by atoms with E-state index in [1.165, 1.54) is 41.3 Å². The zero-order valence-electron chi connectivity index (χ0n) is 14.7. The van der Waals surface area contributed by atoms with E-state index in [0.29, 0.717) is 29.0 Å². The van der Waals surface area contributed by atoms with Gasteiger partial charge >= 0.3 is 5.97 Å². The Morgan fingerprint density at radius 1 is 1.19 bits per heavy atom. The Morgan fingerprint density at radius 2 is 1.93 bits per heavy atom. The van der Waals surface area contributed by atoms with E-state index in [2.05, 4.69) is 0 Å². The number of hydrogen-bond donors (Lipinski definition) is 1. The number of nitrogens with zero attached hydrogens (tertiary/aromatic N) is 1. The summed E-state index contributed by atoms with van der Waals surface area (Å²) in [6.07, 6.45) is -0.131. The molecule has 0 spiro atoms. The smallest absolute Gasteiger partial charge is 0.305 e. The molecular weight excluding hydrogens is 372 g/mol. The zero-order chi connectivity index (χ0) is 19.6. The van der Waals surface area contributed by atoms with Gasteiger partial charge in [-0.15, -0.1) is 0 Å². The molecule has 1 amide bonds. The molecule has 1 unspecified atom stereocenters. The van der Waals surface area contributed by atoms with Crippen LogP contribution in [0.3, 0.4) is 0 Å². The third-order valence-corrected chi connectivity index (χ3v) is 5.69. The number of benzene rings is 2. The molecule has 142 valence electrons. The summed E-state index contributed by atoms with van der Waals surface area (Å²) < 4.78 is 28.0. The third-order valence-electron chi connectivity index (χ3n) is 4.59. The van der Waals surface area contributed by atoms with E-state index in [1.54, 1.807) is 18.7 Å². The predicted molar refractivity (Wildman–Crippen MR) is 101 cm³/mol. The van der Waals surface area contributed by atoms with E-state index in [4.69, 9.17) is 5.11 Å². The van der Waals surface area contributed by atoms with Gasteiger partial charge < -0.3 is 10.0 Å². The Kier molecular flexibility index (Phi) is 5.79. The van der Waals surface area contributed by atoms with Gasteiger partial charge in [0.05, 0.1) is 12.5 Å². The molecule has 1 N–H and O–H groups in total. The van der Waals surface area contributed by atoms with Crippen LogP contribution in [0.1, 0.15) is 22.3 Å². The molecule has 2 aromatic carbocycles.